The fourth-order valence-corrected chi connectivity index (χ4v) is 5.11. The van der Waals surface area contributed by atoms with Crippen molar-refractivity contribution >= 4 is 11.0 Å². The Kier molecular flexibility index (Phi) is 4.85. The van der Waals surface area contributed by atoms with E-state index in [1.165, 1.54) is 11.1 Å². The van der Waals surface area contributed by atoms with Gasteiger partial charge in [-0.1, -0.05) is 44.2 Å². The highest BCUT2D eigenvalue weighted by atomic mass is 15.1. The number of aromatic amines is 2. The van der Waals surface area contributed by atoms with E-state index >= 15 is 0 Å². The second-order valence-electron chi connectivity index (χ2n) is 9.71. The minimum absolute atomic E-state index is 0.335. The van der Waals surface area contributed by atoms with Gasteiger partial charge in [0.2, 0.25) is 0 Å². The predicted octanol–water partition coefficient (Wildman–Crippen LogP) is 4.96. The maximum absolute atomic E-state index is 4.89. The number of nitrogens with zero attached hydrogens (tertiary/aromatic N) is 2. The molecule has 2 aliphatic rings. The zero-order valence-electron chi connectivity index (χ0n) is 18.7. The summed E-state index contributed by atoms with van der Waals surface area (Å²) in [5.41, 5.74) is 6.63. The van der Waals surface area contributed by atoms with Crippen molar-refractivity contribution < 1.29 is 0 Å². The third kappa shape index (κ3) is 3.63. The van der Waals surface area contributed by atoms with Gasteiger partial charge >= 0.3 is 0 Å². The Labute approximate surface area is 188 Å². The number of fused-ring (bicyclic) bond motifs is 1. The Hall–Kier alpha value is -2.96. The van der Waals surface area contributed by atoms with Crippen molar-refractivity contribution in [3.05, 3.63) is 60.3 Å². The maximum atomic E-state index is 4.89. The summed E-state index contributed by atoms with van der Waals surface area (Å²) in [6.45, 7) is 6.69. The first-order chi connectivity index (χ1) is 15.6. The molecular formula is C26H30N6. The van der Waals surface area contributed by atoms with Crippen molar-refractivity contribution in [1.29, 1.82) is 0 Å². The largest absolute Gasteiger partial charge is 0.347 e. The molecule has 32 heavy (non-hydrogen) atoms. The Morgan fingerprint density at radius 1 is 0.750 bits per heavy atom. The summed E-state index contributed by atoms with van der Waals surface area (Å²) in [6, 6.07) is 15.8. The van der Waals surface area contributed by atoms with Gasteiger partial charge < -0.3 is 20.6 Å². The number of nitrogens with one attached hydrogen (secondary N) is 4. The van der Waals surface area contributed by atoms with Gasteiger partial charge in [-0.3, -0.25) is 0 Å². The normalized spacial score (nSPS) is 25.7. The number of H-pyrrole nitrogens is 2. The van der Waals surface area contributed by atoms with E-state index in [4.69, 9.17) is 9.97 Å². The Morgan fingerprint density at radius 2 is 1.41 bits per heavy atom. The van der Waals surface area contributed by atoms with Crippen molar-refractivity contribution in [2.75, 3.05) is 13.1 Å². The number of aromatic nitrogens is 4. The first kappa shape index (κ1) is 19.7. The Morgan fingerprint density at radius 3 is 2.09 bits per heavy atom. The molecule has 2 aliphatic heterocycles. The van der Waals surface area contributed by atoms with Crippen LogP contribution in [0.25, 0.3) is 33.4 Å². The molecule has 6 rings (SSSR count). The number of rotatable bonds is 4. The van der Waals surface area contributed by atoms with Gasteiger partial charge in [0.25, 0.3) is 0 Å². The van der Waals surface area contributed by atoms with Crippen molar-refractivity contribution in [1.82, 2.24) is 30.6 Å². The van der Waals surface area contributed by atoms with Crippen molar-refractivity contribution in [2.24, 2.45) is 11.8 Å². The van der Waals surface area contributed by atoms with Gasteiger partial charge in [0, 0.05) is 11.8 Å². The molecule has 0 unspecified atom stereocenters. The van der Waals surface area contributed by atoms with Gasteiger partial charge in [-0.25, -0.2) is 9.97 Å². The van der Waals surface area contributed by atoms with E-state index in [-0.39, 0.29) is 0 Å². The maximum Gasteiger partial charge on any atom is 0.124 e. The van der Waals surface area contributed by atoms with E-state index < -0.39 is 0 Å². The van der Waals surface area contributed by atoms with Crippen LogP contribution in [0, 0.1) is 11.8 Å². The Balaban J connectivity index is 1.22. The third-order valence-corrected chi connectivity index (χ3v) is 6.97. The van der Waals surface area contributed by atoms with Crippen molar-refractivity contribution in [3.63, 3.8) is 0 Å². The minimum atomic E-state index is 0.335. The summed E-state index contributed by atoms with van der Waals surface area (Å²) in [7, 11) is 0. The smallest absolute Gasteiger partial charge is 0.124 e. The van der Waals surface area contributed by atoms with E-state index in [1.54, 1.807) is 0 Å². The van der Waals surface area contributed by atoms with Crippen LogP contribution in [0.15, 0.2) is 48.7 Å². The topological polar surface area (TPSA) is 81.4 Å². The molecule has 0 aliphatic carbocycles. The van der Waals surface area contributed by atoms with Crippen LogP contribution in [-0.4, -0.2) is 33.0 Å². The first-order valence-electron chi connectivity index (χ1n) is 11.7. The van der Waals surface area contributed by atoms with Gasteiger partial charge in [0.05, 0.1) is 28.8 Å². The summed E-state index contributed by atoms with van der Waals surface area (Å²) in [6.07, 6.45) is 4.29. The van der Waals surface area contributed by atoms with Crippen LogP contribution in [0.5, 0.6) is 0 Å². The molecule has 0 bridgehead atoms. The Bertz CT molecular complexity index is 1240. The lowest BCUT2D eigenvalue weighted by Gasteiger charge is -2.06. The molecule has 4 N–H and O–H groups in total. The van der Waals surface area contributed by atoms with Gasteiger partial charge in [-0.15, -0.1) is 0 Å². The van der Waals surface area contributed by atoms with Crippen LogP contribution >= 0.6 is 0 Å². The molecule has 2 fully saturated rings. The highest BCUT2D eigenvalue weighted by Crippen LogP contribution is 2.31. The number of hydrogen-bond acceptors (Lipinski definition) is 4. The SMILES string of the molecule is C[C@@H]1CN[C@H](c2nc(-c3ccc(-c4ccc5[nH]c([C@@H]6C[C@H](C)CN6)nc5c4)cc3)c[nH]2)C1. The molecule has 164 valence electrons. The third-order valence-electron chi connectivity index (χ3n) is 6.97. The minimum Gasteiger partial charge on any atom is -0.347 e. The highest BCUT2D eigenvalue weighted by Gasteiger charge is 2.25. The van der Waals surface area contributed by atoms with Crippen LogP contribution in [0.4, 0.5) is 0 Å². The molecule has 0 saturated carbocycles. The lowest BCUT2D eigenvalue weighted by molar-refractivity contribution is 0.588. The van der Waals surface area contributed by atoms with Crippen LogP contribution in [0.1, 0.15) is 50.4 Å². The summed E-state index contributed by atoms with van der Waals surface area (Å²) < 4.78 is 0. The van der Waals surface area contributed by atoms with Gasteiger partial charge in [0.1, 0.15) is 11.6 Å². The van der Waals surface area contributed by atoms with Crippen molar-refractivity contribution in [3.8, 4) is 22.4 Å². The molecule has 0 amide bonds. The second-order valence-corrected chi connectivity index (χ2v) is 9.71. The molecular weight excluding hydrogens is 396 g/mol. The second kappa shape index (κ2) is 7.87. The van der Waals surface area contributed by atoms with E-state index in [0.29, 0.717) is 23.9 Å². The van der Waals surface area contributed by atoms with Crippen LogP contribution in [0.2, 0.25) is 0 Å². The lowest BCUT2D eigenvalue weighted by atomic mass is 10.0. The van der Waals surface area contributed by atoms with E-state index in [9.17, 15) is 0 Å². The van der Waals surface area contributed by atoms with E-state index in [1.807, 2.05) is 6.20 Å². The molecule has 4 heterocycles. The van der Waals surface area contributed by atoms with Gasteiger partial charge in [-0.05, 0) is 61.0 Å². The van der Waals surface area contributed by atoms with Gasteiger partial charge in [-0.2, -0.15) is 0 Å². The first-order valence-corrected chi connectivity index (χ1v) is 11.7. The van der Waals surface area contributed by atoms with Crippen LogP contribution < -0.4 is 10.6 Å². The number of imidazole rings is 2. The van der Waals surface area contributed by atoms with E-state index in [0.717, 1.165) is 59.9 Å². The summed E-state index contributed by atoms with van der Waals surface area (Å²) in [5, 5.41) is 7.12. The average molecular weight is 427 g/mol. The highest BCUT2D eigenvalue weighted by molar-refractivity contribution is 5.82. The van der Waals surface area contributed by atoms with Gasteiger partial charge in [0.15, 0.2) is 0 Å². The molecule has 2 aromatic carbocycles. The summed E-state index contributed by atoms with van der Waals surface area (Å²) >= 11 is 0. The molecule has 0 radical (unpaired) electrons. The number of benzene rings is 2. The average Bonchev–Trinajstić information content (AvgIpc) is 3.59. The standard InChI is InChI=1S/C26H30N6/c1-15-9-22(27-12-15)25-29-14-24(32-25)18-5-3-17(4-6-18)19-7-8-20-21(11-19)31-26(30-20)23-10-16(2)13-28-23/h3-8,11,14-16,22-23,27-28H,9-10,12-13H2,1-2H3,(H,29,32)(H,30,31)/t15-,16-,22-,23-/m0/s1. The quantitative estimate of drug-likeness (QED) is 0.372. The molecule has 6 heteroatoms. The molecule has 6 nitrogen and oxygen atoms in total. The number of hydrogen-bond donors (Lipinski definition) is 4. The summed E-state index contributed by atoms with van der Waals surface area (Å²) in [4.78, 5) is 16.6. The predicted molar refractivity (Wildman–Crippen MR) is 128 cm³/mol. The molecule has 0 spiro atoms. The molecule has 4 atom stereocenters. The monoisotopic (exact) mass is 426 g/mol. The van der Waals surface area contributed by atoms with Crippen LogP contribution in [-0.2, 0) is 0 Å². The molecule has 4 aromatic rings. The summed E-state index contributed by atoms with van der Waals surface area (Å²) in [5.74, 6) is 3.50. The van der Waals surface area contributed by atoms with Crippen molar-refractivity contribution in [2.45, 2.75) is 38.8 Å². The fraction of sp³-hybridized carbons (Fsp3) is 0.385. The van der Waals surface area contributed by atoms with Crippen LogP contribution in [0.3, 0.4) is 0 Å². The molecule has 2 saturated heterocycles. The molecule has 2 aromatic heterocycles. The van der Waals surface area contributed by atoms with E-state index in [2.05, 4.69) is 76.9 Å². The fourth-order valence-electron chi connectivity index (χ4n) is 5.11. The zero-order chi connectivity index (χ0) is 21.7. The zero-order valence-corrected chi connectivity index (χ0v) is 18.7. The lowest BCUT2D eigenvalue weighted by Crippen LogP contribution is -2.14.